The van der Waals surface area contributed by atoms with Crippen LogP contribution in [0.2, 0.25) is 0 Å². The molecule has 0 aliphatic heterocycles. The highest BCUT2D eigenvalue weighted by atomic mass is 16.5. The van der Waals surface area contributed by atoms with Crippen molar-refractivity contribution in [2.75, 3.05) is 0 Å². The third-order valence-electron chi connectivity index (χ3n) is 3.86. The Hall–Kier alpha value is -3.14. The molecule has 4 heteroatoms. The Morgan fingerprint density at radius 3 is 2.75 bits per heavy atom. The first kappa shape index (κ1) is 14.5. The van der Waals surface area contributed by atoms with Crippen molar-refractivity contribution < 1.29 is 9.15 Å². The Labute approximate surface area is 139 Å². The van der Waals surface area contributed by atoms with Gasteiger partial charge in [0.1, 0.15) is 23.8 Å². The summed E-state index contributed by atoms with van der Waals surface area (Å²) in [4.78, 5) is 8.86. The molecule has 0 saturated heterocycles. The lowest BCUT2D eigenvalue weighted by atomic mass is 10.2. The highest BCUT2D eigenvalue weighted by Crippen LogP contribution is 2.24. The Morgan fingerprint density at radius 1 is 1.00 bits per heavy atom. The number of hydrogen-bond acceptors (Lipinski definition) is 4. The molecule has 0 bridgehead atoms. The minimum absolute atomic E-state index is 0.369. The lowest BCUT2D eigenvalue weighted by Gasteiger charge is -2.05. The number of benzene rings is 2. The van der Waals surface area contributed by atoms with Crippen LogP contribution in [-0.4, -0.2) is 9.97 Å². The van der Waals surface area contributed by atoms with E-state index >= 15 is 0 Å². The van der Waals surface area contributed by atoms with E-state index in [9.17, 15) is 0 Å². The van der Waals surface area contributed by atoms with Crippen molar-refractivity contribution in [3.8, 4) is 17.2 Å². The lowest BCUT2D eigenvalue weighted by molar-refractivity contribution is 0.300. The summed E-state index contributed by atoms with van der Waals surface area (Å²) >= 11 is 0. The molecule has 0 aliphatic carbocycles. The van der Waals surface area contributed by atoms with Crippen molar-refractivity contribution in [2.45, 2.75) is 13.5 Å². The van der Waals surface area contributed by atoms with E-state index in [0.29, 0.717) is 12.5 Å². The molecular weight excluding hydrogens is 300 g/mol. The van der Waals surface area contributed by atoms with Crippen LogP contribution in [0.3, 0.4) is 0 Å². The van der Waals surface area contributed by atoms with E-state index < -0.39 is 0 Å². The summed E-state index contributed by atoms with van der Waals surface area (Å²) < 4.78 is 11.6. The molecular formula is C20H16N2O2. The van der Waals surface area contributed by atoms with Crippen LogP contribution in [-0.2, 0) is 6.61 Å². The summed E-state index contributed by atoms with van der Waals surface area (Å²) in [5.74, 6) is 2.19. The number of oxazole rings is 1. The van der Waals surface area contributed by atoms with Gasteiger partial charge in [0.25, 0.3) is 0 Å². The summed E-state index contributed by atoms with van der Waals surface area (Å²) in [7, 11) is 0. The Bertz CT molecular complexity index is 977. The highest BCUT2D eigenvalue weighted by molar-refractivity contribution is 5.79. The van der Waals surface area contributed by atoms with Crippen LogP contribution in [0.5, 0.6) is 5.75 Å². The minimum atomic E-state index is 0.369. The third kappa shape index (κ3) is 2.86. The van der Waals surface area contributed by atoms with Gasteiger partial charge >= 0.3 is 0 Å². The van der Waals surface area contributed by atoms with E-state index in [1.54, 1.807) is 6.20 Å². The van der Waals surface area contributed by atoms with Gasteiger partial charge in [-0.3, -0.25) is 4.98 Å². The average Bonchev–Trinajstić information content (AvgIpc) is 3.01. The number of rotatable bonds is 4. The van der Waals surface area contributed by atoms with Crippen molar-refractivity contribution in [2.24, 2.45) is 0 Å². The maximum absolute atomic E-state index is 5.88. The van der Waals surface area contributed by atoms with E-state index in [2.05, 4.69) is 9.97 Å². The second-order valence-corrected chi connectivity index (χ2v) is 5.53. The first-order valence-corrected chi connectivity index (χ1v) is 7.79. The van der Waals surface area contributed by atoms with E-state index in [1.165, 1.54) is 0 Å². The average molecular weight is 316 g/mol. The normalized spacial score (nSPS) is 10.9. The van der Waals surface area contributed by atoms with E-state index in [-0.39, 0.29) is 0 Å². The maximum Gasteiger partial charge on any atom is 0.226 e. The molecule has 0 atom stereocenters. The predicted octanol–water partition coefficient (Wildman–Crippen LogP) is 4.78. The van der Waals surface area contributed by atoms with E-state index in [1.807, 2.05) is 67.6 Å². The molecule has 0 unspecified atom stereocenters. The van der Waals surface area contributed by atoms with Gasteiger partial charge in [-0.25, -0.2) is 4.98 Å². The summed E-state index contributed by atoms with van der Waals surface area (Å²) in [6.07, 6.45) is 1.78. The van der Waals surface area contributed by atoms with Crippen LogP contribution < -0.4 is 4.74 Å². The van der Waals surface area contributed by atoms with Crippen LogP contribution in [0.4, 0.5) is 0 Å². The van der Waals surface area contributed by atoms with Gasteiger partial charge in [-0.15, -0.1) is 0 Å². The molecule has 24 heavy (non-hydrogen) atoms. The minimum Gasteiger partial charge on any atom is -0.487 e. The molecule has 4 nitrogen and oxygen atoms in total. The first-order chi connectivity index (χ1) is 11.8. The number of pyridine rings is 1. The number of ether oxygens (including phenoxy) is 1. The largest absolute Gasteiger partial charge is 0.487 e. The first-order valence-electron chi connectivity index (χ1n) is 7.79. The molecule has 0 saturated carbocycles. The van der Waals surface area contributed by atoms with Crippen molar-refractivity contribution in [3.63, 3.8) is 0 Å². The lowest BCUT2D eigenvalue weighted by Crippen LogP contribution is -1.97. The quantitative estimate of drug-likeness (QED) is 0.544. The van der Waals surface area contributed by atoms with Crippen molar-refractivity contribution >= 4 is 10.9 Å². The second-order valence-electron chi connectivity index (χ2n) is 5.53. The molecule has 0 spiro atoms. The second kappa shape index (κ2) is 6.16. The van der Waals surface area contributed by atoms with Gasteiger partial charge in [-0.1, -0.05) is 24.3 Å². The topological polar surface area (TPSA) is 48.2 Å². The Balaban J connectivity index is 1.54. The number of aryl methyl sites for hydroxylation is 1. The van der Waals surface area contributed by atoms with Crippen LogP contribution in [0, 0.1) is 6.92 Å². The Kier molecular flexibility index (Phi) is 3.71. The van der Waals surface area contributed by atoms with Gasteiger partial charge in [-0.05, 0) is 43.3 Å². The molecule has 0 amide bonds. The van der Waals surface area contributed by atoms with Crippen molar-refractivity contribution in [3.05, 3.63) is 78.3 Å². The van der Waals surface area contributed by atoms with Gasteiger partial charge in [0.05, 0.1) is 5.52 Å². The molecule has 2 heterocycles. The zero-order valence-electron chi connectivity index (χ0n) is 13.3. The predicted molar refractivity (Wildman–Crippen MR) is 92.8 cm³/mol. The van der Waals surface area contributed by atoms with Crippen LogP contribution in [0.25, 0.3) is 22.4 Å². The van der Waals surface area contributed by atoms with Crippen molar-refractivity contribution in [1.29, 1.82) is 0 Å². The van der Waals surface area contributed by atoms with Gasteiger partial charge in [0.15, 0.2) is 0 Å². The highest BCUT2D eigenvalue weighted by Gasteiger charge is 2.12. The SMILES string of the molecule is Cc1oc(-c2ccccc2)nc1COc1ccc2ncccc2c1. The molecule has 0 N–H and O–H groups in total. The fourth-order valence-corrected chi connectivity index (χ4v) is 2.56. The zero-order chi connectivity index (χ0) is 16.4. The van der Waals surface area contributed by atoms with Gasteiger partial charge in [0, 0.05) is 17.1 Å². The summed E-state index contributed by atoms with van der Waals surface area (Å²) in [5.41, 5.74) is 2.72. The third-order valence-corrected chi connectivity index (χ3v) is 3.86. The zero-order valence-corrected chi connectivity index (χ0v) is 13.3. The summed E-state index contributed by atoms with van der Waals surface area (Å²) in [6.45, 7) is 2.27. The fourth-order valence-electron chi connectivity index (χ4n) is 2.56. The molecule has 2 aromatic heterocycles. The molecule has 118 valence electrons. The van der Waals surface area contributed by atoms with Gasteiger partial charge in [0.2, 0.25) is 5.89 Å². The molecule has 0 fully saturated rings. The standard InChI is InChI=1S/C20H16N2O2/c1-14-19(22-20(24-14)15-6-3-2-4-7-15)13-23-17-9-10-18-16(12-17)8-5-11-21-18/h2-12H,13H2,1H3. The fraction of sp³-hybridized carbons (Fsp3) is 0.100. The maximum atomic E-state index is 5.88. The number of fused-ring (bicyclic) bond motifs is 1. The van der Waals surface area contributed by atoms with Gasteiger partial charge < -0.3 is 9.15 Å². The smallest absolute Gasteiger partial charge is 0.226 e. The monoisotopic (exact) mass is 316 g/mol. The number of hydrogen-bond donors (Lipinski definition) is 0. The number of aromatic nitrogens is 2. The van der Waals surface area contributed by atoms with Crippen LogP contribution in [0.1, 0.15) is 11.5 Å². The van der Waals surface area contributed by atoms with E-state index in [4.69, 9.17) is 9.15 Å². The van der Waals surface area contributed by atoms with Crippen LogP contribution in [0.15, 0.2) is 71.3 Å². The summed E-state index contributed by atoms with van der Waals surface area (Å²) in [5, 5.41) is 1.05. The molecule has 4 rings (SSSR count). The molecule has 0 radical (unpaired) electrons. The van der Waals surface area contributed by atoms with Crippen molar-refractivity contribution in [1.82, 2.24) is 9.97 Å². The van der Waals surface area contributed by atoms with Gasteiger partial charge in [-0.2, -0.15) is 0 Å². The van der Waals surface area contributed by atoms with Crippen LogP contribution >= 0.6 is 0 Å². The number of nitrogens with zero attached hydrogens (tertiary/aromatic N) is 2. The summed E-state index contributed by atoms with van der Waals surface area (Å²) in [6, 6.07) is 19.7. The Morgan fingerprint density at radius 2 is 1.88 bits per heavy atom. The molecule has 4 aromatic rings. The van der Waals surface area contributed by atoms with E-state index in [0.717, 1.165) is 33.7 Å². The molecule has 0 aliphatic rings. The molecule has 2 aromatic carbocycles.